The van der Waals surface area contributed by atoms with Gasteiger partial charge in [-0.1, -0.05) is 6.92 Å². The summed E-state index contributed by atoms with van der Waals surface area (Å²) >= 11 is 0. The minimum Gasteiger partial charge on any atom is -0.356 e. The van der Waals surface area contributed by atoms with Crippen molar-refractivity contribution in [1.29, 1.82) is 0 Å². The van der Waals surface area contributed by atoms with Crippen LogP contribution < -0.4 is 5.32 Å². The zero-order chi connectivity index (χ0) is 14.9. The molecule has 0 fully saturated rings. The van der Waals surface area contributed by atoms with Crippen LogP contribution in [0.25, 0.3) is 0 Å². The third-order valence-corrected chi connectivity index (χ3v) is 3.95. The predicted molar refractivity (Wildman–Crippen MR) is 77.5 cm³/mol. The second-order valence-corrected chi connectivity index (χ2v) is 6.90. The van der Waals surface area contributed by atoms with E-state index in [2.05, 4.69) is 5.32 Å². The highest BCUT2D eigenvalue weighted by Crippen LogP contribution is 2.02. The van der Waals surface area contributed by atoms with Crippen molar-refractivity contribution in [2.45, 2.75) is 26.2 Å². The molecule has 19 heavy (non-hydrogen) atoms. The molecule has 0 bridgehead atoms. The van der Waals surface area contributed by atoms with Crippen molar-refractivity contribution in [2.75, 3.05) is 46.5 Å². The molecule has 0 aliphatic rings. The second-order valence-electron chi connectivity index (χ2n) is 4.92. The Labute approximate surface area is 117 Å². The number of sulfonamides is 1. The molecule has 0 saturated heterocycles. The molecule has 7 heteroatoms. The van der Waals surface area contributed by atoms with E-state index in [-0.39, 0.29) is 18.9 Å². The molecule has 0 unspecified atom stereocenters. The molecule has 0 aromatic carbocycles. The molecule has 0 atom stereocenters. The average Bonchev–Trinajstić information content (AvgIpc) is 2.28. The molecule has 0 rings (SSSR count). The Morgan fingerprint density at radius 2 is 1.79 bits per heavy atom. The van der Waals surface area contributed by atoms with Crippen LogP contribution in [0.15, 0.2) is 0 Å². The van der Waals surface area contributed by atoms with Crippen LogP contribution in [0, 0.1) is 0 Å². The van der Waals surface area contributed by atoms with Gasteiger partial charge in [-0.05, 0) is 33.5 Å². The van der Waals surface area contributed by atoms with Crippen LogP contribution in [0.3, 0.4) is 0 Å². The molecule has 0 aliphatic heterocycles. The Hall–Kier alpha value is -0.660. The molecule has 0 aromatic rings. The van der Waals surface area contributed by atoms with Crippen molar-refractivity contribution < 1.29 is 13.2 Å². The zero-order valence-electron chi connectivity index (χ0n) is 12.5. The summed E-state index contributed by atoms with van der Waals surface area (Å²) in [5.74, 6) is -0.0943. The summed E-state index contributed by atoms with van der Waals surface area (Å²) in [7, 11) is 0.651. The van der Waals surface area contributed by atoms with Crippen LogP contribution in [0.4, 0.5) is 0 Å². The monoisotopic (exact) mass is 293 g/mol. The first kappa shape index (κ1) is 18.3. The van der Waals surface area contributed by atoms with Gasteiger partial charge in [-0.3, -0.25) is 4.79 Å². The molecule has 0 aliphatic carbocycles. The maximum absolute atomic E-state index is 11.6. The lowest BCUT2D eigenvalue weighted by molar-refractivity contribution is -0.121. The van der Waals surface area contributed by atoms with Gasteiger partial charge in [-0.15, -0.1) is 0 Å². The van der Waals surface area contributed by atoms with Gasteiger partial charge in [0.15, 0.2) is 0 Å². The smallest absolute Gasteiger partial charge is 0.221 e. The molecule has 0 aromatic heterocycles. The van der Waals surface area contributed by atoms with E-state index < -0.39 is 10.0 Å². The van der Waals surface area contributed by atoms with Crippen molar-refractivity contribution in [3.8, 4) is 0 Å². The fourth-order valence-corrected chi connectivity index (χ4v) is 2.47. The van der Waals surface area contributed by atoms with E-state index in [1.807, 2.05) is 25.9 Å². The van der Waals surface area contributed by atoms with Gasteiger partial charge in [-0.2, -0.15) is 0 Å². The Kier molecular flexibility index (Phi) is 8.95. The van der Waals surface area contributed by atoms with Crippen molar-refractivity contribution in [3.05, 3.63) is 0 Å². The van der Waals surface area contributed by atoms with E-state index in [0.29, 0.717) is 13.1 Å². The number of hydrogen-bond acceptors (Lipinski definition) is 4. The molecule has 1 N–H and O–H groups in total. The van der Waals surface area contributed by atoms with Gasteiger partial charge in [0.05, 0.1) is 6.26 Å². The summed E-state index contributed by atoms with van der Waals surface area (Å²) in [6.45, 7) is 4.15. The highest BCUT2D eigenvalue weighted by molar-refractivity contribution is 7.88. The van der Waals surface area contributed by atoms with Gasteiger partial charge < -0.3 is 10.2 Å². The molecule has 114 valence electrons. The molecule has 0 spiro atoms. The number of nitrogens with zero attached hydrogens (tertiary/aromatic N) is 2. The summed E-state index contributed by atoms with van der Waals surface area (Å²) in [5.41, 5.74) is 0. The predicted octanol–water partition coefficient (Wildman–Crippen LogP) is 0.116. The van der Waals surface area contributed by atoms with Crippen molar-refractivity contribution in [3.63, 3.8) is 0 Å². The number of rotatable bonds is 10. The summed E-state index contributed by atoms with van der Waals surface area (Å²) in [6, 6.07) is 0. The Bertz CT molecular complexity index is 355. The molecular weight excluding hydrogens is 266 g/mol. The lowest BCUT2D eigenvalue weighted by Gasteiger charge is -2.20. The highest BCUT2D eigenvalue weighted by atomic mass is 32.2. The van der Waals surface area contributed by atoms with Gasteiger partial charge in [0.1, 0.15) is 0 Å². The normalized spacial score (nSPS) is 12.1. The summed E-state index contributed by atoms with van der Waals surface area (Å²) in [6.07, 6.45) is 3.04. The summed E-state index contributed by atoms with van der Waals surface area (Å²) < 4.78 is 24.6. The van der Waals surface area contributed by atoms with Crippen LogP contribution in [0.5, 0.6) is 0 Å². The minimum absolute atomic E-state index is 0.0943. The van der Waals surface area contributed by atoms with Crippen molar-refractivity contribution in [2.24, 2.45) is 0 Å². The van der Waals surface area contributed by atoms with Crippen LogP contribution in [0.2, 0.25) is 0 Å². The first-order valence-corrected chi connectivity index (χ1v) is 8.48. The van der Waals surface area contributed by atoms with Crippen molar-refractivity contribution in [1.82, 2.24) is 14.5 Å². The van der Waals surface area contributed by atoms with E-state index >= 15 is 0 Å². The number of carbonyl (C=O) groups is 1. The maximum atomic E-state index is 11.6. The largest absolute Gasteiger partial charge is 0.356 e. The van der Waals surface area contributed by atoms with E-state index in [1.165, 1.54) is 10.6 Å². The number of amides is 1. The van der Waals surface area contributed by atoms with E-state index in [1.54, 1.807) is 0 Å². The Balaban J connectivity index is 4.19. The number of hydrogen-bond donors (Lipinski definition) is 1. The standard InChI is InChI=1S/C12H27N3O3S/c1-5-8-13-12(16)7-11-15(19(4,17)18)10-6-9-14(2)3/h5-11H2,1-4H3,(H,13,16). The van der Waals surface area contributed by atoms with Crippen LogP contribution in [0.1, 0.15) is 26.2 Å². The lowest BCUT2D eigenvalue weighted by atomic mass is 10.3. The van der Waals surface area contributed by atoms with Gasteiger partial charge in [0, 0.05) is 26.1 Å². The second kappa shape index (κ2) is 9.28. The molecule has 0 radical (unpaired) electrons. The molecule has 6 nitrogen and oxygen atoms in total. The summed E-state index contributed by atoms with van der Waals surface area (Å²) in [5, 5.41) is 2.74. The summed E-state index contributed by atoms with van der Waals surface area (Å²) in [4.78, 5) is 13.5. The molecular formula is C12H27N3O3S. The van der Waals surface area contributed by atoms with Crippen LogP contribution in [-0.2, 0) is 14.8 Å². The fourth-order valence-electron chi connectivity index (χ4n) is 1.59. The fraction of sp³-hybridized carbons (Fsp3) is 0.917. The number of carbonyl (C=O) groups excluding carboxylic acids is 1. The van der Waals surface area contributed by atoms with Gasteiger partial charge in [0.25, 0.3) is 0 Å². The van der Waals surface area contributed by atoms with Crippen LogP contribution >= 0.6 is 0 Å². The lowest BCUT2D eigenvalue weighted by Crippen LogP contribution is -2.36. The van der Waals surface area contributed by atoms with E-state index in [9.17, 15) is 13.2 Å². The Morgan fingerprint density at radius 3 is 2.26 bits per heavy atom. The topological polar surface area (TPSA) is 69.7 Å². The molecule has 0 heterocycles. The van der Waals surface area contributed by atoms with Crippen LogP contribution in [-0.4, -0.2) is 70.1 Å². The van der Waals surface area contributed by atoms with E-state index in [4.69, 9.17) is 0 Å². The molecule has 0 saturated carbocycles. The first-order valence-electron chi connectivity index (χ1n) is 6.64. The van der Waals surface area contributed by atoms with Gasteiger partial charge in [0.2, 0.25) is 15.9 Å². The zero-order valence-corrected chi connectivity index (χ0v) is 13.3. The quantitative estimate of drug-likeness (QED) is 0.621. The number of nitrogens with one attached hydrogen (secondary N) is 1. The third-order valence-electron chi connectivity index (χ3n) is 2.64. The highest BCUT2D eigenvalue weighted by Gasteiger charge is 2.17. The van der Waals surface area contributed by atoms with Gasteiger partial charge >= 0.3 is 0 Å². The van der Waals surface area contributed by atoms with Crippen molar-refractivity contribution >= 4 is 15.9 Å². The SMILES string of the molecule is CCCNC(=O)CCN(CCCN(C)C)S(C)(=O)=O. The van der Waals surface area contributed by atoms with E-state index in [0.717, 1.165) is 19.4 Å². The van der Waals surface area contributed by atoms with Gasteiger partial charge in [-0.25, -0.2) is 12.7 Å². The maximum Gasteiger partial charge on any atom is 0.221 e. The molecule has 1 amide bonds. The first-order chi connectivity index (χ1) is 8.77. The Morgan fingerprint density at radius 1 is 1.16 bits per heavy atom. The third kappa shape index (κ3) is 9.86. The minimum atomic E-state index is -3.24. The average molecular weight is 293 g/mol.